The molecule has 33 heavy (non-hydrogen) atoms. The van der Waals surface area contributed by atoms with Gasteiger partial charge >= 0.3 is 6.18 Å². The van der Waals surface area contributed by atoms with Gasteiger partial charge in [0.05, 0.1) is 4.88 Å². The molecule has 3 heterocycles. The minimum absolute atomic E-state index is 0.100. The van der Waals surface area contributed by atoms with Crippen LogP contribution in [0.25, 0.3) is 10.4 Å². The van der Waals surface area contributed by atoms with Gasteiger partial charge in [0.2, 0.25) is 11.9 Å². The molecule has 0 aliphatic carbocycles. The molecule has 2 aromatic heterocycles. The third-order valence-electron chi connectivity index (χ3n) is 5.25. The van der Waals surface area contributed by atoms with Crippen LogP contribution in [0.1, 0.15) is 35.5 Å². The molecule has 1 amide bonds. The van der Waals surface area contributed by atoms with Crippen molar-refractivity contribution in [1.29, 1.82) is 0 Å². The summed E-state index contributed by atoms with van der Waals surface area (Å²) in [5.74, 6) is -0.274. The van der Waals surface area contributed by atoms with E-state index in [0.717, 1.165) is 32.7 Å². The Labute approximate surface area is 199 Å². The first kappa shape index (κ1) is 23.6. The summed E-state index contributed by atoms with van der Waals surface area (Å²) in [6.07, 6.45) is -1.03. The number of amides is 1. The SMILES string of the molecule is Cc1cc(Nc2nccc(C(F)(F)F)n2)cc(-c2cnc(C3(O)CCNC(=O)CC3)s2)c1Br. The van der Waals surface area contributed by atoms with Gasteiger partial charge in [0.15, 0.2) is 0 Å². The van der Waals surface area contributed by atoms with E-state index in [2.05, 4.69) is 41.5 Å². The summed E-state index contributed by atoms with van der Waals surface area (Å²) < 4.78 is 39.7. The summed E-state index contributed by atoms with van der Waals surface area (Å²) in [5, 5.41) is 17.2. The molecule has 1 aliphatic rings. The molecule has 0 radical (unpaired) electrons. The van der Waals surface area contributed by atoms with Gasteiger partial charge in [0.1, 0.15) is 16.3 Å². The van der Waals surface area contributed by atoms with E-state index >= 15 is 0 Å². The van der Waals surface area contributed by atoms with E-state index in [1.54, 1.807) is 18.3 Å². The number of carbonyl (C=O) groups excluding carboxylic acids is 1. The Morgan fingerprint density at radius 3 is 2.82 bits per heavy atom. The van der Waals surface area contributed by atoms with Crippen LogP contribution in [-0.2, 0) is 16.6 Å². The van der Waals surface area contributed by atoms with E-state index in [4.69, 9.17) is 0 Å². The van der Waals surface area contributed by atoms with Gasteiger partial charge in [-0.15, -0.1) is 11.3 Å². The number of hydrogen-bond acceptors (Lipinski definition) is 7. The van der Waals surface area contributed by atoms with Crippen LogP contribution < -0.4 is 10.6 Å². The number of hydrogen-bond donors (Lipinski definition) is 3. The van der Waals surface area contributed by atoms with Gasteiger partial charge in [-0.25, -0.2) is 15.0 Å². The first-order valence-corrected chi connectivity index (χ1v) is 11.6. The van der Waals surface area contributed by atoms with Crippen LogP contribution in [0.15, 0.2) is 35.1 Å². The summed E-state index contributed by atoms with van der Waals surface area (Å²) in [5.41, 5.74) is -0.154. The van der Waals surface area contributed by atoms with Gasteiger partial charge in [-0.2, -0.15) is 13.2 Å². The zero-order valence-corrected chi connectivity index (χ0v) is 19.7. The zero-order chi connectivity index (χ0) is 23.8. The van der Waals surface area contributed by atoms with Crippen molar-refractivity contribution in [2.24, 2.45) is 0 Å². The van der Waals surface area contributed by atoms with Gasteiger partial charge in [-0.05, 0) is 53.0 Å². The largest absolute Gasteiger partial charge is 0.433 e. The Bertz CT molecular complexity index is 1200. The number of alkyl halides is 3. The lowest BCUT2D eigenvalue weighted by Crippen LogP contribution is -2.27. The van der Waals surface area contributed by atoms with Crippen LogP contribution >= 0.6 is 27.3 Å². The Kier molecular flexibility index (Phi) is 6.43. The molecule has 3 aromatic rings. The van der Waals surface area contributed by atoms with E-state index in [0.29, 0.717) is 23.7 Å². The quantitative estimate of drug-likeness (QED) is 0.433. The summed E-state index contributed by atoms with van der Waals surface area (Å²) in [6, 6.07) is 4.32. The summed E-state index contributed by atoms with van der Waals surface area (Å²) in [6.45, 7) is 2.22. The molecule has 0 bridgehead atoms. The molecule has 0 saturated carbocycles. The second kappa shape index (κ2) is 8.99. The van der Waals surface area contributed by atoms with Crippen LogP contribution in [0.3, 0.4) is 0 Å². The number of rotatable bonds is 4. The van der Waals surface area contributed by atoms with Gasteiger partial charge in [0.25, 0.3) is 0 Å². The number of benzene rings is 1. The van der Waals surface area contributed by atoms with Crippen molar-refractivity contribution in [1.82, 2.24) is 20.3 Å². The molecule has 3 N–H and O–H groups in total. The van der Waals surface area contributed by atoms with Crippen LogP contribution in [-0.4, -0.2) is 32.5 Å². The minimum atomic E-state index is -4.57. The molecule has 0 spiro atoms. The van der Waals surface area contributed by atoms with Crippen molar-refractivity contribution in [2.45, 2.75) is 38.0 Å². The fourth-order valence-electron chi connectivity index (χ4n) is 3.50. The van der Waals surface area contributed by atoms with Crippen LogP contribution in [0.5, 0.6) is 0 Å². The first-order chi connectivity index (χ1) is 15.5. The summed E-state index contributed by atoms with van der Waals surface area (Å²) in [7, 11) is 0. The highest BCUT2D eigenvalue weighted by atomic mass is 79.9. The molecular formula is C21H19BrF3N5O2S. The highest BCUT2D eigenvalue weighted by Gasteiger charge is 2.35. The van der Waals surface area contributed by atoms with Crippen molar-refractivity contribution in [3.63, 3.8) is 0 Å². The van der Waals surface area contributed by atoms with Crippen molar-refractivity contribution in [3.8, 4) is 10.4 Å². The Hall–Kier alpha value is -2.57. The molecule has 1 aromatic carbocycles. The van der Waals surface area contributed by atoms with Crippen molar-refractivity contribution in [2.75, 3.05) is 11.9 Å². The highest BCUT2D eigenvalue weighted by Crippen LogP contribution is 2.41. The van der Waals surface area contributed by atoms with E-state index in [9.17, 15) is 23.1 Å². The molecule has 7 nitrogen and oxygen atoms in total. The summed E-state index contributed by atoms with van der Waals surface area (Å²) in [4.78, 5) is 24.3. The van der Waals surface area contributed by atoms with E-state index in [1.807, 2.05) is 6.92 Å². The maximum absolute atomic E-state index is 13.0. The number of thiazole rings is 1. The van der Waals surface area contributed by atoms with Gasteiger partial charge in [-0.3, -0.25) is 4.79 Å². The average Bonchev–Trinajstić information content (AvgIpc) is 3.18. The number of nitrogens with one attached hydrogen (secondary N) is 2. The second-order valence-electron chi connectivity index (χ2n) is 7.70. The Morgan fingerprint density at radius 2 is 2.06 bits per heavy atom. The van der Waals surface area contributed by atoms with Crippen LogP contribution in [0.2, 0.25) is 0 Å². The third-order valence-corrected chi connectivity index (χ3v) is 7.53. The Balaban J connectivity index is 1.64. The van der Waals surface area contributed by atoms with Gasteiger partial charge in [0, 0.05) is 47.5 Å². The standard InChI is InChI=1S/C21H19BrF3N5O2S/c1-11-8-12(29-19-27-6-3-15(30-19)21(23,24)25)9-13(17(11)22)14-10-28-18(33-14)20(32)4-2-16(31)26-7-5-20/h3,6,8-10,32H,2,4-5,7H2,1H3,(H,26,31)(H,27,29,30). The lowest BCUT2D eigenvalue weighted by Gasteiger charge is -2.22. The molecular weight excluding hydrogens is 523 g/mol. The van der Waals surface area contributed by atoms with E-state index in [1.165, 1.54) is 11.3 Å². The lowest BCUT2D eigenvalue weighted by molar-refractivity contribution is -0.141. The van der Waals surface area contributed by atoms with Crippen LogP contribution in [0.4, 0.5) is 24.8 Å². The normalized spacial score (nSPS) is 19.2. The maximum atomic E-state index is 13.0. The Morgan fingerprint density at radius 1 is 1.27 bits per heavy atom. The van der Waals surface area contributed by atoms with Gasteiger partial charge in [-0.1, -0.05) is 0 Å². The number of anilines is 2. The minimum Gasteiger partial charge on any atom is -0.383 e. The predicted molar refractivity (Wildman–Crippen MR) is 121 cm³/mol. The number of nitrogens with zero attached hydrogens (tertiary/aromatic N) is 3. The summed E-state index contributed by atoms with van der Waals surface area (Å²) >= 11 is 4.87. The number of aromatic nitrogens is 3. The topological polar surface area (TPSA) is 100 Å². The fourth-order valence-corrected chi connectivity index (χ4v) is 5.15. The predicted octanol–water partition coefficient (Wildman–Crippen LogP) is 4.92. The second-order valence-corrected chi connectivity index (χ2v) is 9.53. The highest BCUT2D eigenvalue weighted by molar-refractivity contribution is 9.10. The number of aryl methyl sites for hydroxylation is 1. The zero-order valence-electron chi connectivity index (χ0n) is 17.3. The van der Waals surface area contributed by atoms with Crippen molar-refractivity contribution in [3.05, 3.63) is 51.3 Å². The number of aliphatic hydroxyl groups is 1. The molecule has 1 saturated heterocycles. The smallest absolute Gasteiger partial charge is 0.383 e. The average molecular weight is 542 g/mol. The molecule has 1 fully saturated rings. The number of carbonyl (C=O) groups is 1. The van der Waals surface area contributed by atoms with E-state index < -0.39 is 17.5 Å². The molecule has 1 aliphatic heterocycles. The van der Waals surface area contributed by atoms with E-state index in [-0.39, 0.29) is 24.7 Å². The van der Waals surface area contributed by atoms with Gasteiger partial charge < -0.3 is 15.7 Å². The molecule has 1 atom stereocenters. The third kappa shape index (κ3) is 5.17. The van der Waals surface area contributed by atoms with Crippen molar-refractivity contribution < 1.29 is 23.1 Å². The van der Waals surface area contributed by atoms with Crippen LogP contribution in [0, 0.1) is 6.92 Å². The molecule has 1 unspecified atom stereocenters. The molecule has 174 valence electrons. The lowest BCUT2D eigenvalue weighted by atomic mass is 9.96. The number of halogens is 4. The maximum Gasteiger partial charge on any atom is 0.433 e. The first-order valence-electron chi connectivity index (χ1n) is 9.98. The monoisotopic (exact) mass is 541 g/mol. The molecule has 12 heteroatoms. The fraction of sp³-hybridized carbons (Fsp3) is 0.333. The van der Waals surface area contributed by atoms with Crippen molar-refractivity contribution >= 4 is 44.8 Å². The molecule has 4 rings (SSSR count).